The van der Waals surface area contributed by atoms with Crippen molar-refractivity contribution in [3.8, 4) is 5.75 Å². The van der Waals surface area contributed by atoms with E-state index in [1.165, 1.54) is 5.69 Å². The molecule has 1 aliphatic rings. The van der Waals surface area contributed by atoms with E-state index in [0.29, 0.717) is 0 Å². The third kappa shape index (κ3) is 1.99. The Kier molecular flexibility index (Phi) is 3.06. The topological polar surface area (TPSA) is 102 Å². The Morgan fingerprint density at radius 1 is 1.35 bits per heavy atom. The van der Waals surface area contributed by atoms with Crippen LogP contribution < -0.4 is 16.3 Å². The number of aromatic amines is 1. The van der Waals surface area contributed by atoms with E-state index in [4.69, 9.17) is 16.3 Å². The minimum atomic E-state index is 0.102. The van der Waals surface area contributed by atoms with Crippen molar-refractivity contribution >= 4 is 22.6 Å². The molecule has 0 saturated carbocycles. The van der Waals surface area contributed by atoms with Gasteiger partial charge in [-0.25, -0.2) is 4.99 Å². The summed E-state index contributed by atoms with van der Waals surface area (Å²) in [7, 11) is 1.66. The summed E-state index contributed by atoms with van der Waals surface area (Å²) in [5, 5.41) is 4.53. The van der Waals surface area contributed by atoms with Crippen molar-refractivity contribution in [3.05, 3.63) is 29.5 Å². The van der Waals surface area contributed by atoms with Crippen LogP contribution in [0.15, 0.2) is 28.3 Å². The van der Waals surface area contributed by atoms with E-state index in [2.05, 4.69) is 15.1 Å². The van der Waals surface area contributed by atoms with Gasteiger partial charge >= 0.3 is 0 Å². The van der Waals surface area contributed by atoms with Crippen molar-refractivity contribution in [1.82, 2.24) is 4.98 Å². The van der Waals surface area contributed by atoms with Gasteiger partial charge in [-0.1, -0.05) is 0 Å². The molecule has 20 heavy (non-hydrogen) atoms. The largest absolute Gasteiger partial charge is 0.497 e. The predicted molar refractivity (Wildman–Crippen MR) is 80.1 cm³/mol. The fourth-order valence-electron chi connectivity index (χ4n) is 2.71. The van der Waals surface area contributed by atoms with Crippen LogP contribution in [0, 0.1) is 0 Å². The number of guanidine groups is 1. The number of nitrogens with two attached hydrogens (primary N) is 2. The number of aryl methyl sites for hydroxylation is 1. The van der Waals surface area contributed by atoms with E-state index in [9.17, 15) is 0 Å². The first-order chi connectivity index (χ1) is 9.72. The molecule has 0 amide bonds. The molecule has 3 rings (SSSR count). The van der Waals surface area contributed by atoms with Crippen LogP contribution in [0.25, 0.3) is 10.9 Å². The number of benzene rings is 1. The van der Waals surface area contributed by atoms with Gasteiger partial charge < -0.3 is 21.3 Å². The average Bonchev–Trinajstić information content (AvgIpc) is 2.85. The summed E-state index contributed by atoms with van der Waals surface area (Å²) in [5.41, 5.74) is 9.93. The van der Waals surface area contributed by atoms with Crippen LogP contribution in [-0.2, 0) is 6.42 Å². The molecule has 1 aromatic heterocycles. The number of ether oxygens (including phenoxy) is 1. The lowest BCUT2D eigenvalue weighted by atomic mass is 9.93. The van der Waals surface area contributed by atoms with Gasteiger partial charge in [0, 0.05) is 22.2 Å². The molecule has 0 aliphatic heterocycles. The maximum absolute atomic E-state index is 5.63. The molecule has 1 heterocycles. The van der Waals surface area contributed by atoms with Crippen molar-refractivity contribution in [2.45, 2.75) is 19.3 Å². The van der Waals surface area contributed by atoms with E-state index in [1.54, 1.807) is 7.11 Å². The minimum Gasteiger partial charge on any atom is -0.497 e. The Morgan fingerprint density at radius 3 is 2.95 bits per heavy atom. The summed E-state index contributed by atoms with van der Waals surface area (Å²) in [6.45, 7) is 0. The maximum atomic E-state index is 5.63. The van der Waals surface area contributed by atoms with E-state index in [0.717, 1.165) is 47.2 Å². The van der Waals surface area contributed by atoms with Gasteiger partial charge in [0.25, 0.3) is 0 Å². The zero-order valence-corrected chi connectivity index (χ0v) is 11.3. The van der Waals surface area contributed by atoms with Gasteiger partial charge in [-0.3, -0.25) is 0 Å². The molecule has 6 nitrogen and oxygen atoms in total. The fourth-order valence-corrected chi connectivity index (χ4v) is 2.71. The lowest BCUT2D eigenvalue weighted by Crippen LogP contribution is -2.18. The number of aromatic nitrogens is 1. The molecule has 0 fully saturated rings. The molecular weight excluding hydrogens is 254 g/mol. The Balaban J connectivity index is 2.22. The molecule has 0 spiro atoms. The number of rotatable bonds is 1. The Hall–Kier alpha value is -2.50. The average molecular weight is 271 g/mol. The second kappa shape index (κ2) is 4.88. The molecule has 6 heteroatoms. The van der Waals surface area contributed by atoms with Gasteiger partial charge in [-0.05, 0) is 37.5 Å². The minimum absolute atomic E-state index is 0.102. The first-order valence-electron chi connectivity index (χ1n) is 6.53. The van der Waals surface area contributed by atoms with Crippen molar-refractivity contribution in [1.29, 1.82) is 0 Å². The summed E-state index contributed by atoms with van der Waals surface area (Å²) < 4.78 is 5.30. The van der Waals surface area contributed by atoms with Crippen molar-refractivity contribution in [3.63, 3.8) is 0 Å². The molecule has 0 radical (unpaired) electrons. The van der Waals surface area contributed by atoms with Gasteiger partial charge in [-0.15, -0.1) is 5.10 Å². The number of nitrogens with zero attached hydrogens (tertiary/aromatic N) is 2. The number of hydrogen-bond donors (Lipinski definition) is 3. The predicted octanol–water partition coefficient (Wildman–Crippen LogP) is 1.49. The van der Waals surface area contributed by atoms with Crippen LogP contribution in [0.4, 0.5) is 0 Å². The highest BCUT2D eigenvalue weighted by Gasteiger charge is 2.21. The number of methoxy groups -OCH3 is 1. The Labute approximate surface area is 116 Å². The van der Waals surface area contributed by atoms with E-state index in [-0.39, 0.29) is 5.96 Å². The number of hydrogen-bond acceptors (Lipinski definition) is 3. The van der Waals surface area contributed by atoms with Gasteiger partial charge in [0.2, 0.25) is 5.96 Å². The van der Waals surface area contributed by atoms with Crippen LogP contribution in [-0.4, -0.2) is 23.8 Å². The SMILES string of the molecule is COc1ccc2[nH]c3c(c2c1)C(=NC(N)=NN)CCC3. The number of H-pyrrole nitrogens is 1. The molecule has 104 valence electrons. The molecule has 1 aromatic carbocycles. The molecule has 0 atom stereocenters. The van der Waals surface area contributed by atoms with Gasteiger partial charge in [0.15, 0.2) is 0 Å². The van der Waals surface area contributed by atoms with E-state index < -0.39 is 0 Å². The Morgan fingerprint density at radius 2 is 2.20 bits per heavy atom. The summed E-state index contributed by atoms with van der Waals surface area (Å²) in [4.78, 5) is 7.77. The molecule has 0 saturated heterocycles. The smallest absolute Gasteiger partial charge is 0.237 e. The zero-order chi connectivity index (χ0) is 14.1. The van der Waals surface area contributed by atoms with Crippen molar-refractivity contribution < 1.29 is 4.74 Å². The van der Waals surface area contributed by atoms with E-state index >= 15 is 0 Å². The van der Waals surface area contributed by atoms with Gasteiger partial charge in [0.1, 0.15) is 5.75 Å². The van der Waals surface area contributed by atoms with Gasteiger partial charge in [0.05, 0.1) is 12.8 Å². The van der Waals surface area contributed by atoms with Crippen molar-refractivity contribution in [2.24, 2.45) is 21.7 Å². The van der Waals surface area contributed by atoms with Crippen molar-refractivity contribution in [2.75, 3.05) is 7.11 Å². The highest BCUT2D eigenvalue weighted by atomic mass is 16.5. The summed E-state index contributed by atoms with van der Waals surface area (Å²) in [6.07, 6.45) is 2.91. The monoisotopic (exact) mass is 271 g/mol. The number of nitrogens with one attached hydrogen (secondary N) is 1. The molecule has 1 aliphatic carbocycles. The molecule has 0 unspecified atom stereocenters. The van der Waals surface area contributed by atoms with Crippen LogP contribution in [0.2, 0.25) is 0 Å². The maximum Gasteiger partial charge on any atom is 0.237 e. The van der Waals surface area contributed by atoms with Gasteiger partial charge in [-0.2, -0.15) is 0 Å². The lowest BCUT2D eigenvalue weighted by molar-refractivity contribution is 0.415. The quantitative estimate of drug-likeness (QED) is 0.317. The highest BCUT2D eigenvalue weighted by molar-refractivity contribution is 6.16. The summed E-state index contributed by atoms with van der Waals surface area (Å²) >= 11 is 0. The second-order valence-electron chi connectivity index (χ2n) is 4.79. The van der Waals surface area contributed by atoms with Crippen LogP contribution in [0.3, 0.4) is 0 Å². The normalized spacial score (nSPS) is 17.4. The first kappa shape index (κ1) is 12.5. The molecule has 2 aromatic rings. The molecular formula is C14H17N5O. The number of fused-ring (bicyclic) bond motifs is 3. The number of hydrazone groups is 1. The Bertz CT molecular complexity index is 714. The van der Waals surface area contributed by atoms with Crippen LogP contribution >= 0.6 is 0 Å². The summed E-state index contributed by atoms with van der Waals surface area (Å²) in [6, 6.07) is 5.97. The third-order valence-corrected chi connectivity index (χ3v) is 3.59. The standard InChI is InChI=1S/C14H17N5O/c1-20-8-5-6-10-9(7-8)13-11(17-10)3-2-4-12(13)18-14(15)19-16/h5-7,17H,2-4,16H2,1H3,(H2,15,19). The molecule has 5 N–H and O–H groups in total. The number of aliphatic imine (C=N–C) groups is 1. The summed E-state index contributed by atoms with van der Waals surface area (Å²) in [5.74, 6) is 6.10. The third-order valence-electron chi connectivity index (χ3n) is 3.59. The highest BCUT2D eigenvalue weighted by Crippen LogP contribution is 2.31. The first-order valence-corrected chi connectivity index (χ1v) is 6.53. The zero-order valence-electron chi connectivity index (χ0n) is 11.3. The van der Waals surface area contributed by atoms with Crippen LogP contribution in [0.5, 0.6) is 5.75 Å². The molecule has 0 bridgehead atoms. The van der Waals surface area contributed by atoms with E-state index in [1.807, 2.05) is 18.2 Å². The fraction of sp³-hybridized carbons (Fsp3) is 0.286. The second-order valence-corrected chi connectivity index (χ2v) is 4.79. The lowest BCUT2D eigenvalue weighted by Gasteiger charge is -2.14. The van der Waals surface area contributed by atoms with Crippen LogP contribution in [0.1, 0.15) is 24.1 Å².